The largest absolute Gasteiger partial charge is 0.508 e. The summed E-state index contributed by atoms with van der Waals surface area (Å²) in [6, 6.07) is 22.7. The maximum atomic E-state index is 10.4. The van der Waals surface area contributed by atoms with Crippen molar-refractivity contribution in [2.45, 2.75) is 43.7 Å². The van der Waals surface area contributed by atoms with Gasteiger partial charge in [0.2, 0.25) is 0 Å². The summed E-state index contributed by atoms with van der Waals surface area (Å²) >= 11 is 0. The van der Waals surface area contributed by atoms with E-state index in [2.05, 4.69) is 65.5 Å². The molecule has 8 nitrogen and oxygen atoms in total. The van der Waals surface area contributed by atoms with Crippen LogP contribution >= 0.6 is 0 Å². The number of aliphatic imine (C=N–C) groups is 2. The number of phenolic OH excluding ortho intramolecular Hbond substituents is 2. The molecule has 8 bridgehead atoms. The van der Waals surface area contributed by atoms with Crippen molar-refractivity contribution < 1.29 is 20.4 Å². The van der Waals surface area contributed by atoms with Gasteiger partial charge in [0.1, 0.15) is 17.3 Å². The number of nitrogens with one attached hydrogen (secondary N) is 2. The van der Waals surface area contributed by atoms with Crippen molar-refractivity contribution in [2.24, 2.45) is 21.8 Å². The van der Waals surface area contributed by atoms with Crippen LogP contribution in [0.3, 0.4) is 0 Å². The second-order valence-electron chi connectivity index (χ2n) is 14.6. The number of hydrogen-bond donors (Lipinski definition) is 6. The summed E-state index contributed by atoms with van der Waals surface area (Å²) in [5.41, 5.74) is 8.60. The molecule has 2 aliphatic carbocycles. The third-order valence-corrected chi connectivity index (χ3v) is 11.3. The van der Waals surface area contributed by atoms with Gasteiger partial charge in [0, 0.05) is 50.6 Å². The summed E-state index contributed by atoms with van der Waals surface area (Å²) in [6.07, 6.45) is 19.6. The average Bonchev–Trinajstić information content (AvgIpc) is 4.01. The van der Waals surface area contributed by atoms with Crippen molar-refractivity contribution in [1.29, 1.82) is 0 Å². The number of aromatic nitrogens is 2. The van der Waals surface area contributed by atoms with Crippen LogP contribution in [-0.4, -0.2) is 54.0 Å². The molecule has 5 atom stereocenters. The Morgan fingerprint density at radius 1 is 0.679 bits per heavy atom. The fourth-order valence-corrected chi connectivity index (χ4v) is 8.39. The first-order valence-corrected chi connectivity index (χ1v) is 18.2. The molecule has 2 aromatic heterocycles. The molecule has 0 saturated carbocycles. The van der Waals surface area contributed by atoms with Crippen molar-refractivity contribution in [1.82, 2.24) is 9.97 Å². The Morgan fingerprint density at radius 2 is 1.45 bits per heavy atom. The van der Waals surface area contributed by atoms with E-state index in [0.717, 1.165) is 73.5 Å². The number of rotatable bonds is 4. The molecule has 8 heteroatoms. The van der Waals surface area contributed by atoms with E-state index in [9.17, 15) is 20.4 Å². The Kier molecular flexibility index (Phi) is 7.93. The molecule has 0 amide bonds. The van der Waals surface area contributed by atoms with E-state index in [1.54, 1.807) is 30.3 Å². The van der Waals surface area contributed by atoms with E-state index in [1.807, 2.05) is 48.6 Å². The highest BCUT2D eigenvalue weighted by Crippen LogP contribution is 2.42. The minimum Gasteiger partial charge on any atom is -0.508 e. The highest BCUT2D eigenvalue weighted by Gasteiger charge is 2.41. The number of aliphatic hydroxyl groups excluding tert-OH is 2. The topological polar surface area (TPSA) is 137 Å². The van der Waals surface area contributed by atoms with Gasteiger partial charge in [0.15, 0.2) is 0 Å². The van der Waals surface area contributed by atoms with Crippen molar-refractivity contribution in [3.63, 3.8) is 0 Å². The van der Waals surface area contributed by atoms with Crippen molar-refractivity contribution in [2.75, 3.05) is 0 Å². The number of aromatic amines is 2. The number of fused-ring (bicyclic) bond motifs is 6. The molecule has 0 saturated heterocycles. The van der Waals surface area contributed by atoms with Gasteiger partial charge in [-0.15, -0.1) is 0 Å². The van der Waals surface area contributed by atoms with Crippen molar-refractivity contribution in [3.05, 3.63) is 178 Å². The Labute approximate surface area is 307 Å². The molecular formula is C45H40N4O4. The van der Waals surface area contributed by atoms with E-state index >= 15 is 0 Å². The van der Waals surface area contributed by atoms with E-state index in [-0.39, 0.29) is 35.1 Å². The number of hydrogen-bond acceptors (Lipinski definition) is 6. The van der Waals surface area contributed by atoms with E-state index in [4.69, 9.17) is 9.98 Å². The lowest BCUT2D eigenvalue weighted by molar-refractivity contribution is 0.198. The average molecular weight is 701 g/mol. The van der Waals surface area contributed by atoms with Crippen LogP contribution in [0.1, 0.15) is 48.7 Å². The Balaban J connectivity index is 1.36. The molecule has 3 aliphatic heterocycles. The third kappa shape index (κ3) is 5.76. The van der Waals surface area contributed by atoms with Gasteiger partial charge in [0.05, 0.1) is 34.7 Å². The van der Waals surface area contributed by atoms with Crippen LogP contribution in [-0.2, 0) is 5.41 Å². The lowest BCUT2D eigenvalue weighted by Crippen LogP contribution is -2.35. The van der Waals surface area contributed by atoms with E-state index < -0.39 is 11.5 Å². The van der Waals surface area contributed by atoms with Crippen LogP contribution in [0.4, 0.5) is 0 Å². The quantitative estimate of drug-likeness (QED) is 0.136. The van der Waals surface area contributed by atoms with E-state index in [0.29, 0.717) is 12.8 Å². The number of nitrogens with zero attached hydrogens (tertiary/aromatic N) is 2. The van der Waals surface area contributed by atoms with Crippen molar-refractivity contribution >= 4 is 22.6 Å². The van der Waals surface area contributed by atoms with Crippen LogP contribution < -0.4 is 10.7 Å². The second-order valence-corrected chi connectivity index (χ2v) is 14.6. The van der Waals surface area contributed by atoms with Gasteiger partial charge >= 0.3 is 0 Å². The predicted molar refractivity (Wildman–Crippen MR) is 208 cm³/mol. The first-order chi connectivity index (χ1) is 25.7. The smallest absolute Gasteiger partial charge is 0.115 e. The van der Waals surface area contributed by atoms with Crippen molar-refractivity contribution in [3.8, 4) is 11.5 Å². The van der Waals surface area contributed by atoms with Gasteiger partial charge < -0.3 is 30.4 Å². The fourth-order valence-electron chi connectivity index (χ4n) is 8.39. The molecule has 53 heavy (non-hydrogen) atoms. The van der Waals surface area contributed by atoms with Gasteiger partial charge in [-0.1, -0.05) is 48.6 Å². The lowest BCUT2D eigenvalue weighted by atomic mass is 9.73. The first-order valence-electron chi connectivity index (χ1n) is 18.2. The number of aromatic hydroxyl groups is 2. The first kappa shape index (κ1) is 32.8. The normalized spacial score (nSPS) is 26.3. The zero-order valence-corrected chi connectivity index (χ0v) is 29.2. The molecule has 4 aromatic rings. The number of aliphatic hydroxyl groups is 2. The Morgan fingerprint density at radius 3 is 2.19 bits per heavy atom. The van der Waals surface area contributed by atoms with Gasteiger partial charge in [-0.3, -0.25) is 4.99 Å². The highest BCUT2D eigenvalue weighted by molar-refractivity contribution is 6.30. The summed E-state index contributed by atoms with van der Waals surface area (Å²) in [4.78, 5) is 18.4. The number of phenols is 2. The summed E-state index contributed by atoms with van der Waals surface area (Å²) in [6.45, 7) is 2.20. The fraction of sp³-hybridized carbons (Fsp3) is 0.200. The van der Waals surface area contributed by atoms with Crippen LogP contribution in [0.2, 0.25) is 0 Å². The number of H-pyrrole nitrogens is 2. The Hall–Kier alpha value is -6.12. The minimum absolute atomic E-state index is 0.00241. The molecule has 9 rings (SSSR count). The SMILES string of the molecule is CC1(c2ccc(O)cc2)c2ccc([nH]2)C(C2C=CC(O)=CC2)=c2ccc([nH]2)=C(c2ccc(O)cc2)C2=NC(=C(C3C=C[C@H](O)CC3)C3=NC1C=C3)C=C2. The molecule has 0 spiro atoms. The molecule has 0 radical (unpaired) electrons. The third-order valence-electron chi connectivity index (χ3n) is 11.3. The highest BCUT2D eigenvalue weighted by atomic mass is 16.3. The zero-order chi connectivity index (χ0) is 36.3. The van der Waals surface area contributed by atoms with Crippen LogP contribution in [0, 0.1) is 11.8 Å². The maximum Gasteiger partial charge on any atom is 0.115 e. The lowest BCUT2D eigenvalue weighted by Gasteiger charge is -2.33. The van der Waals surface area contributed by atoms with Gasteiger partial charge in [-0.2, -0.15) is 0 Å². The summed E-state index contributed by atoms with van der Waals surface area (Å²) in [7, 11) is 0. The van der Waals surface area contributed by atoms with E-state index in [1.165, 1.54) is 0 Å². The zero-order valence-electron chi connectivity index (χ0n) is 29.2. The maximum absolute atomic E-state index is 10.4. The monoisotopic (exact) mass is 700 g/mol. The molecule has 6 N–H and O–H groups in total. The molecular weight excluding hydrogens is 661 g/mol. The minimum atomic E-state index is -0.651. The standard InChI is InChI=1S/C45H40N4O4/c1-45(29-8-16-33(53)17-9-29)40-24-22-38(48-40)43(27-4-12-31(51)13-5-27)36-20-18-34(46-36)42(26-2-10-30(50)11-3-26)35-19-21-37(47-35)44(39-23-25-41(45)49-39)28-6-14-32(52)15-7-28/h2-4,6,8-14,16-25,27-28,32,41,46,48,50-53H,5,7,15H2,1H3/t27?,28?,32-,41?,45?/m0/s1. The molecule has 5 aliphatic rings. The van der Waals surface area contributed by atoms with Gasteiger partial charge in [-0.05, 0) is 116 Å². The molecule has 4 unspecified atom stereocenters. The number of allylic oxidation sites excluding steroid dienone is 8. The van der Waals surface area contributed by atoms with Gasteiger partial charge in [0.25, 0.3) is 0 Å². The molecule has 2 aromatic carbocycles. The summed E-state index contributed by atoms with van der Waals surface area (Å²) < 4.78 is 0. The van der Waals surface area contributed by atoms with Crippen LogP contribution in [0.15, 0.2) is 154 Å². The molecule has 264 valence electrons. The number of benzene rings is 2. The Bertz CT molecular complexity index is 2500. The second kappa shape index (κ2) is 12.8. The molecule has 0 fully saturated rings. The van der Waals surface area contributed by atoms with Crippen LogP contribution in [0.5, 0.6) is 11.5 Å². The van der Waals surface area contributed by atoms with Crippen LogP contribution in [0.25, 0.3) is 11.1 Å². The summed E-state index contributed by atoms with van der Waals surface area (Å²) in [5, 5.41) is 43.0. The predicted octanol–water partition coefficient (Wildman–Crippen LogP) is 6.46. The molecule has 5 heterocycles. The van der Waals surface area contributed by atoms with Gasteiger partial charge in [-0.25, -0.2) is 4.99 Å². The summed E-state index contributed by atoms with van der Waals surface area (Å²) in [5.74, 6) is 0.617.